The maximum absolute atomic E-state index is 14.0. The molecular weight excluding hydrogens is 1310 g/mol. The maximum Gasteiger partial charge on any atom is 0.257 e. The predicted molar refractivity (Wildman–Crippen MR) is 357 cm³/mol. The van der Waals surface area contributed by atoms with Crippen LogP contribution in [0.1, 0.15) is 173 Å². The van der Waals surface area contributed by atoms with Gasteiger partial charge in [0.2, 0.25) is 11.8 Å². The van der Waals surface area contributed by atoms with Crippen molar-refractivity contribution in [3.63, 3.8) is 0 Å². The van der Waals surface area contributed by atoms with Gasteiger partial charge in [-0.3, -0.25) is 38.4 Å². The van der Waals surface area contributed by atoms with Crippen molar-refractivity contribution in [3.8, 4) is 28.4 Å². The van der Waals surface area contributed by atoms with Crippen LogP contribution in [-0.4, -0.2) is 251 Å². The van der Waals surface area contributed by atoms with Gasteiger partial charge < -0.3 is 110 Å². The number of hydrogen-bond donors (Lipinski definition) is 13. The Morgan fingerprint density at radius 3 is 1.14 bits per heavy atom. The Morgan fingerprint density at radius 1 is 0.350 bits per heavy atom. The van der Waals surface area contributed by atoms with Gasteiger partial charge in [0.05, 0.1) is 38.1 Å². The number of carbonyl (C=O) groups is 8. The monoisotopic (exact) mass is 1420 g/mol. The summed E-state index contributed by atoms with van der Waals surface area (Å²) in [7, 11) is 0. The molecule has 2 aromatic rings. The lowest BCUT2D eigenvalue weighted by molar-refractivity contribution is -0.293. The molecule has 0 spiro atoms. The summed E-state index contributed by atoms with van der Waals surface area (Å²) in [5.74, 6) is -1.78. The number of unbranched alkanes of at least 4 members (excludes halogenated alkanes) is 5. The van der Waals surface area contributed by atoms with E-state index < -0.39 is 124 Å². The van der Waals surface area contributed by atoms with Crippen molar-refractivity contribution in [2.24, 2.45) is 0 Å². The second-order valence-electron chi connectivity index (χ2n) is 25.6. The molecule has 0 aromatic heterocycles. The molecule has 6 unspecified atom stereocenters. The topological polar surface area (TPSA) is 450 Å². The van der Waals surface area contributed by atoms with Gasteiger partial charge in [-0.05, 0) is 120 Å². The van der Waals surface area contributed by atoms with Crippen molar-refractivity contribution < 1.29 is 127 Å². The second kappa shape index (κ2) is 45.7. The third kappa shape index (κ3) is 30.4. The van der Waals surface area contributed by atoms with E-state index in [1.807, 2.05) is 0 Å². The van der Waals surface area contributed by atoms with Gasteiger partial charge in [-0.25, -0.2) is 0 Å². The first-order valence-corrected chi connectivity index (χ1v) is 35.1. The van der Waals surface area contributed by atoms with E-state index in [1.54, 1.807) is 24.3 Å². The van der Waals surface area contributed by atoms with Crippen LogP contribution in [-0.2, 0) is 62.0 Å². The third-order valence-corrected chi connectivity index (χ3v) is 17.1. The lowest BCUT2D eigenvalue weighted by atomic mass is 9.97. The minimum absolute atomic E-state index is 0.0116. The minimum Gasteiger partial charge on any atom is -0.486 e. The van der Waals surface area contributed by atoms with Crippen LogP contribution in [0.4, 0.5) is 0 Å². The number of aliphatic hydroxyl groups is 9. The van der Waals surface area contributed by atoms with Gasteiger partial charge in [0.1, 0.15) is 90.4 Å². The molecule has 30 nitrogen and oxygen atoms in total. The van der Waals surface area contributed by atoms with E-state index in [4.69, 9.17) is 42.6 Å². The van der Waals surface area contributed by atoms with Crippen LogP contribution < -0.4 is 35.5 Å². The van der Waals surface area contributed by atoms with E-state index in [2.05, 4.69) is 28.2 Å². The van der Waals surface area contributed by atoms with Crippen LogP contribution in [0.5, 0.6) is 17.2 Å². The maximum atomic E-state index is 14.0. The van der Waals surface area contributed by atoms with Gasteiger partial charge in [0.25, 0.3) is 11.8 Å². The molecule has 2 aromatic carbocycles. The van der Waals surface area contributed by atoms with Gasteiger partial charge in [0.15, 0.2) is 43.7 Å². The summed E-state index contributed by atoms with van der Waals surface area (Å²) in [5.41, 5.74) is 1.03. The number of carbonyl (C=O) groups excluding carboxylic acids is 8. The molecule has 4 amide bonds. The van der Waals surface area contributed by atoms with Crippen molar-refractivity contribution in [2.45, 2.75) is 255 Å². The van der Waals surface area contributed by atoms with Gasteiger partial charge in [0, 0.05) is 89.2 Å². The molecule has 3 aliphatic heterocycles. The molecule has 0 bridgehead atoms. The molecule has 0 saturated carbocycles. The molecule has 564 valence electrons. The van der Waals surface area contributed by atoms with Crippen LogP contribution in [0.3, 0.4) is 0 Å². The minimum atomic E-state index is -1.47. The molecule has 100 heavy (non-hydrogen) atoms. The first kappa shape index (κ1) is 84.5. The van der Waals surface area contributed by atoms with Crippen LogP contribution in [0, 0.1) is 0 Å². The SMILES string of the molecule is CCCCCNC(=O)CCCCCCC(=O)c1cc(OCC(=O)CCCNC(=O)CCCOC2O[C@@H](C)[C@H](O)C(O)[C@@H]2O)cc(-c2cc(OCC(=O)NCCCC(=O)CCCOC3O[C@@H](C)[C@H](O)C(O)[C@@H]3O)cc(OCC(=O)NCCCC(=O)CCCOC3O[C@@H](C)[C@H](O)C(O)[C@@H]3O)c2)c1. The number of hydrogen-bond acceptors (Lipinski definition) is 26. The molecule has 30 heteroatoms. The normalized spacial score (nSPS) is 25.1. The van der Waals surface area contributed by atoms with Gasteiger partial charge in [-0.15, -0.1) is 0 Å². The van der Waals surface area contributed by atoms with Crippen molar-refractivity contribution in [1.29, 1.82) is 0 Å². The number of ether oxygens (including phenoxy) is 9. The molecule has 13 N–H and O–H groups in total. The Morgan fingerprint density at radius 2 is 0.700 bits per heavy atom. The Bertz CT molecular complexity index is 2750. The number of nitrogens with one attached hydrogen (secondary N) is 4. The highest BCUT2D eigenvalue weighted by molar-refractivity contribution is 5.98. The molecule has 3 aliphatic rings. The second-order valence-corrected chi connectivity index (χ2v) is 25.6. The number of aliphatic hydroxyl groups excluding tert-OH is 9. The van der Waals surface area contributed by atoms with E-state index in [0.717, 1.165) is 25.7 Å². The molecule has 5 rings (SSSR count). The Labute approximate surface area is 583 Å². The first-order chi connectivity index (χ1) is 47.8. The zero-order valence-corrected chi connectivity index (χ0v) is 58.0. The summed E-state index contributed by atoms with van der Waals surface area (Å²) in [6, 6.07) is 9.36. The summed E-state index contributed by atoms with van der Waals surface area (Å²) < 4.78 is 50.8. The van der Waals surface area contributed by atoms with E-state index in [-0.39, 0.29) is 155 Å². The molecule has 3 saturated heterocycles. The third-order valence-electron chi connectivity index (χ3n) is 17.1. The number of ketones is 4. The predicted octanol–water partition coefficient (Wildman–Crippen LogP) is 1.59. The van der Waals surface area contributed by atoms with Crippen molar-refractivity contribution in [1.82, 2.24) is 21.3 Å². The Balaban J connectivity index is 1.20. The Kier molecular flexibility index (Phi) is 38.6. The van der Waals surface area contributed by atoms with Gasteiger partial charge in [-0.1, -0.05) is 32.6 Å². The van der Waals surface area contributed by atoms with Crippen molar-refractivity contribution in [2.75, 3.05) is 65.8 Å². The smallest absolute Gasteiger partial charge is 0.257 e. The number of Topliss-reactive ketones (excluding diaryl/α,β-unsaturated/α-hetero) is 4. The highest BCUT2D eigenvalue weighted by atomic mass is 16.7. The summed E-state index contributed by atoms with van der Waals surface area (Å²) in [6.45, 7) is 6.44. The van der Waals surface area contributed by atoms with Crippen LogP contribution in [0.15, 0.2) is 36.4 Å². The zero-order valence-electron chi connectivity index (χ0n) is 58.0. The number of rotatable bonds is 49. The zero-order chi connectivity index (χ0) is 73.1. The lowest BCUT2D eigenvalue weighted by Gasteiger charge is -2.38. The largest absolute Gasteiger partial charge is 0.486 e. The fourth-order valence-corrected chi connectivity index (χ4v) is 11.0. The first-order valence-electron chi connectivity index (χ1n) is 35.1. The summed E-state index contributed by atoms with van der Waals surface area (Å²) >= 11 is 0. The van der Waals surface area contributed by atoms with Crippen LogP contribution in [0.2, 0.25) is 0 Å². The van der Waals surface area contributed by atoms with E-state index in [0.29, 0.717) is 69.0 Å². The Hall–Kier alpha value is -6.20. The standard InChI is InChI=1S/C70H108N4O26/c1-5-6-11-26-71-55(79)24-10-8-7-9-23-54(78)47-33-45(34-51(37-47)95-39-50(77)20-14-27-72-56(80)25-17-32-94-70-67(91)64(88)61(85)44(4)100-70)46-35-52(96-40-57(81)73-28-12-18-48(75)21-15-30-92-68-65(89)62(86)59(83)42(2)98-68)38-53(36-46)97-41-58(82)74-29-13-19-49(76)22-16-31-93-69-66(90)63(87)60(84)43(3)99-69/h33-38,42-44,59-70,83-91H,5-32,39-41H2,1-4H3,(H,71,79)(H,72,80)(H,73,81)(H,74,82)/t42-,43-,44-,59-,60-,61-,62?,63?,64?,65-,66-,67-,68?,69?,70?/m0/s1. The van der Waals surface area contributed by atoms with E-state index in [1.165, 1.54) is 32.9 Å². The van der Waals surface area contributed by atoms with Gasteiger partial charge in [-0.2, -0.15) is 0 Å². The van der Waals surface area contributed by atoms with Crippen LogP contribution in [0.25, 0.3) is 11.1 Å². The van der Waals surface area contributed by atoms with Crippen molar-refractivity contribution in [3.05, 3.63) is 42.0 Å². The summed E-state index contributed by atoms with van der Waals surface area (Å²) in [4.78, 5) is 104. The summed E-state index contributed by atoms with van der Waals surface area (Å²) in [5, 5.41) is 102. The molecular formula is C70H108N4O26. The van der Waals surface area contributed by atoms with Gasteiger partial charge >= 0.3 is 0 Å². The molecule has 0 aliphatic carbocycles. The number of benzene rings is 2. The molecule has 0 radical (unpaired) electrons. The molecule has 15 atom stereocenters. The highest BCUT2D eigenvalue weighted by Gasteiger charge is 2.44. The summed E-state index contributed by atoms with van der Waals surface area (Å²) in [6.07, 6.45) is -10.1. The highest BCUT2D eigenvalue weighted by Crippen LogP contribution is 2.34. The fraction of sp³-hybridized carbons (Fsp3) is 0.714. The fourth-order valence-electron chi connectivity index (χ4n) is 11.0. The van der Waals surface area contributed by atoms with Crippen molar-refractivity contribution >= 4 is 46.8 Å². The quantitative estimate of drug-likeness (QED) is 0.0330. The average Bonchev–Trinajstić information content (AvgIpc) is 0.866. The van der Waals surface area contributed by atoms with E-state index in [9.17, 15) is 84.3 Å². The molecule has 3 fully saturated rings. The average molecular weight is 1420 g/mol. The van der Waals surface area contributed by atoms with E-state index >= 15 is 0 Å². The molecule has 3 heterocycles. The lowest BCUT2D eigenvalue weighted by Crippen LogP contribution is -2.57. The number of amides is 4. The van der Waals surface area contributed by atoms with Crippen LogP contribution >= 0.6 is 0 Å².